The Kier molecular flexibility index (Phi) is 6.87. The SMILES string of the molecule is CSC(C)(C)[C@H](N)C(=O)N1CCC2(CC1)OCCc1cn(-c3ccccc3)nc12.Cl. The molecule has 2 aromatic rings. The summed E-state index contributed by atoms with van der Waals surface area (Å²) in [4.78, 5) is 14.8. The normalized spacial score (nSPS) is 19.1. The molecule has 2 aliphatic heterocycles. The van der Waals surface area contributed by atoms with E-state index in [1.807, 2.05) is 47.9 Å². The van der Waals surface area contributed by atoms with Gasteiger partial charge in [-0.25, -0.2) is 4.68 Å². The molecule has 2 aliphatic rings. The van der Waals surface area contributed by atoms with Crippen LogP contribution in [-0.2, 0) is 21.6 Å². The highest BCUT2D eigenvalue weighted by Gasteiger charge is 2.45. The van der Waals surface area contributed by atoms with E-state index in [-0.39, 0.29) is 23.1 Å². The molecule has 0 aliphatic carbocycles. The number of ether oxygens (including phenoxy) is 1. The Balaban J connectivity index is 0.00000256. The van der Waals surface area contributed by atoms with E-state index in [9.17, 15) is 4.79 Å². The number of nitrogens with two attached hydrogens (primary N) is 1. The average molecular weight is 451 g/mol. The van der Waals surface area contributed by atoms with Gasteiger partial charge in [0.25, 0.3) is 0 Å². The topological polar surface area (TPSA) is 73.4 Å². The highest BCUT2D eigenvalue weighted by atomic mass is 35.5. The van der Waals surface area contributed by atoms with Gasteiger partial charge in [-0.05, 0) is 57.1 Å². The monoisotopic (exact) mass is 450 g/mol. The number of thioether (sulfide) groups is 1. The summed E-state index contributed by atoms with van der Waals surface area (Å²) in [5, 5.41) is 4.92. The van der Waals surface area contributed by atoms with Gasteiger partial charge in [0.2, 0.25) is 5.91 Å². The van der Waals surface area contributed by atoms with Crippen LogP contribution in [0.3, 0.4) is 0 Å². The van der Waals surface area contributed by atoms with Crippen molar-refractivity contribution in [1.29, 1.82) is 0 Å². The lowest BCUT2D eigenvalue weighted by molar-refractivity contribution is -0.143. The minimum absolute atomic E-state index is 0. The number of fused-ring (bicyclic) bond motifs is 2. The number of carbonyl (C=O) groups is 1. The molecule has 0 saturated carbocycles. The number of carbonyl (C=O) groups excluding carboxylic acids is 1. The van der Waals surface area contributed by atoms with Gasteiger partial charge in [0, 0.05) is 24.0 Å². The van der Waals surface area contributed by atoms with Crippen molar-refractivity contribution in [1.82, 2.24) is 14.7 Å². The lowest BCUT2D eigenvalue weighted by Crippen LogP contribution is -2.57. The highest BCUT2D eigenvalue weighted by molar-refractivity contribution is 8.00. The zero-order valence-electron chi connectivity index (χ0n) is 17.8. The number of hydrogen-bond donors (Lipinski definition) is 1. The molecular weight excluding hydrogens is 420 g/mol. The Morgan fingerprint density at radius 2 is 1.93 bits per heavy atom. The molecule has 0 bridgehead atoms. The average Bonchev–Trinajstić information content (AvgIpc) is 3.20. The van der Waals surface area contributed by atoms with Crippen LogP contribution in [0.15, 0.2) is 36.5 Å². The maximum atomic E-state index is 12.9. The molecule has 0 unspecified atom stereocenters. The summed E-state index contributed by atoms with van der Waals surface area (Å²) in [6.45, 7) is 6.04. The predicted octanol–water partition coefficient (Wildman–Crippen LogP) is 3.15. The Labute approximate surface area is 188 Å². The van der Waals surface area contributed by atoms with Gasteiger partial charge in [-0.15, -0.1) is 12.4 Å². The second-order valence-electron chi connectivity index (χ2n) is 8.49. The second-order valence-corrected chi connectivity index (χ2v) is 9.95. The number of rotatable bonds is 4. The van der Waals surface area contributed by atoms with Crippen molar-refractivity contribution in [2.75, 3.05) is 26.0 Å². The van der Waals surface area contributed by atoms with Gasteiger partial charge in [-0.1, -0.05) is 18.2 Å². The number of nitrogens with zero attached hydrogens (tertiary/aromatic N) is 3. The quantitative estimate of drug-likeness (QED) is 0.774. The Bertz CT molecular complexity index is 879. The summed E-state index contributed by atoms with van der Waals surface area (Å²) in [5.74, 6) is 0.0325. The van der Waals surface area contributed by atoms with E-state index in [0.717, 1.165) is 30.6 Å². The fourth-order valence-electron chi connectivity index (χ4n) is 4.20. The molecule has 1 aromatic heterocycles. The van der Waals surface area contributed by atoms with Crippen LogP contribution in [0.5, 0.6) is 0 Å². The molecule has 1 amide bonds. The molecule has 3 heterocycles. The van der Waals surface area contributed by atoms with Crippen LogP contribution < -0.4 is 5.73 Å². The molecule has 30 heavy (non-hydrogen) atoms. The minimum Gasteiger partial charge on any atom is -0.368 e. The van der Waals surface area contributed by atoms with E-state index < -0.39 is 11.6 Å². The zero-order chi connectivity index (χ0) is 20.6. The first-order valence-corrected chi connectivity index (χ1v) is 11.5. The molecule has 164 valence electrons. The van der Waals surface area contributed by atoms with E-state index in [1.165, 1.54) is 5.56 Å². The van der Waals surface area contributed by atoms with Crippen LogP contribution in [0, 0.1) is 0 Å². The van der Waals surface area contributed by atoms with Crippen molar-refractivity contribution in [3.05, 3.63) is 47.8 Å². The van der Waals surface area contributed by atoms with Crippen LogP contribution in [0.1, 0.15) is 37.9 Å². The number of piperidine rings is 1. The lowest BCUT2D eigenvalue weighted by atomic mass is 9.83. The summed E-state index contributed by atoms with van der Waals surface area (Å²) < 4.78 is 7.98. The van der Waals surface area contributed by atoms with Crippen molar-refractivity contribution in [3.63, 3.8) is 0 Å². The second kappa shape index (κ2) is 8.91. The first-order chi connectivity index (χ1) is 13.9. The highest BCUT2D eigenvalue weighted by Crippen LogP contribution is 2.41. The molecule has 1 fully saturated rings. The van der Waals surface area contributed by atoms with E-state index in [4.69, 9.17) is 15.6 Å². The molecule has 1 atom stereocenters. The summed E-state index contributed by atoms with van der Waals surface area (Å²) >= 11 is 1.63. The Morgan fingerprint density at radius 1 is 1.27 bits per heavy atom. The van der Waals surface area contributed by atoms with Crippen molar-refractivity contribution in [2.24, 2.45) is 5.73 Å². The third kappa shape index (κ3) is 4.13. The molecule has 1 aromatic carbocycles. The Morgan fingerprint density at radius 3 is 2.57 bits per heavy atom. The fourth-order valence-corrected chi connectivity index (χ4v) is 4.56. The molecule has 1 saturated heterocycles. The van der Waals surface area contributed by atoms with E-state index >= 15 is 0 Å². The largest absolute Gasteiger partial charge is 0.368 e. The predicted molar refractivity (Wildman–Crippen MR) is 124 cm³/mol. The van der Waals surface area contributed by atoms with Gasteiger partial charge in [-0.2, -0.15) is 16.9 Å². The summed E-state index contributed by atoms with van der Waals surface area (Å²) in [5.41, 5.74) is 9.23. The smallest absolute Gasteiger partial charge is 0.240 e. The molecule has 0 radical (unpaired) electrons. The minimum atomic E-state index is -0.508. The number of hydrogen-bond acceptors (Lipinski definition) is 5. The molecule has 6 nitrogen and oxygen atoms in total. The maximum absolute atomic E-state index is 12.9. The van der Waals surface area contributed by atoms with Gasteiger partial charge in [0.1, 0.15) is 5.60 Å². The number of benzene rings is 1. The molecule has 1 spiro atoms. The third-order valence-electron chi connectivity index (χ3n) is 6.42. The van der Waals surface area contributed by atoms with Crippen LogP contribution in [0.25, 0.3) is 5.69 Å². The van der Waals surface area contributed by atoms with Crippen LogP contribution >= 0.6 is 24.2 Å². The van der Waals surface area contributed by atoms with Gasteiger partial charge >= 0.3 is 0 Å². The van der Waals surface area contributed by atoms with Crippen molar-refractivity contribution in [3.8, 4) is 5.69 Å². The van der Waals surface area contributed by atoms with E-state index in [0.29, 0.717) is 19.7 Å². The molecular formula is C22H31ClN4O2S. The van der Waals surface area contributed by atoms with Crippen molar-refractivity contribution in [2.45, 2.75) is 49.5 Å². The number of halogens is 1. The first kappa shape index (κ1) is 23.1. The standard InChI is InChI=1S/C22H30N4O2S.ClH/c1-21(2,29-3)18(23)20(27)25-12-10-22(11-13-25)19-16(9-14-28-22)15-26(24-19)17-7-5-4-6-8-17;/h4-8,15,18H,9-14,23H2,1-3H3;1H/t18-;/m1./s1. The lowest BCUT2D eigenvalue weighted by Gasteiger charge is -2.44. The van der Waals surface area contributed by atoms with Gasteiger partial charge in [0.15, 0.2) is 0 Å². The molecule has 2 N–H and O–H groups in total. The van der Waals surface area contributed by atoms with Crippen LogP contribution in [0.2, 0.25) is 0 Å². The van der Waals surface area contributed by atoms with Gasteiger partial charge in [0.05, 0.1) is 24.0 Å². The number of aromatic nitrogens is 2. The Hall–Kier alpha value is -1.54. The van der Waals surface area contributed by atoms with E-state index in [2.05, 4.69) is 18.3 Å². The number of amides is 1. The first-order valence-electron chi connectivity index (χ1n) is 10.2. The number of likely N-dealkylation sites (tertiary alicyclic amines) is 1. The van der Waals surface area contributed by atoms with Gasteiger partial charge in [-0.3, -0.25) is 4.79 Å². The summed E-state index contributed by atoms with van der Waals surface area (Å²) in [6.07, 6.45) is 6.51. The van der Waals surface area contributed by atoms with Crippen molar-refractivity contribution >= 4 is 30.1 Å². The zero-order valence-corrected chi connectivity index (χ0v) is 19.5. The van der Waals surface area contributed by atoms with Crippen molar-refractivity contribution < 1.29 is 9.53 Å². The van der Waals surface area contributed by atoms with E-state index in [1.54, 1.807) is 11.8 Å². The fraction of sp³-hybridized carbons (Fsp3) is 0.545. The van der Waals surface area contributed by atoms with Crippen LogP contribution in [-0.4, -0.2) is 57.3 Å². The number of para-hydroxylation sites is 1. The van der Waals surface area contributed by atoms with Gasteiger partial charge < -0.3 is 15.4 Å². The summed E-state index contributed by atoms with van der Waals surface area (Å²) in [7, 11) is 0. The third-order valence-corrected chi connectivity index (χ3v) is 7.72. The van der Waals surface area contributed by atoms with Crippen LogP contribution in [0.4, 0.5) is 0 Å². The summed E-state index contributed by atoms with van der Waals surface area (Å²) in [6, 6.07) is 9.65. The molecule has 8 heteroatoms. The molecule has 4 rings (SSSR count). The maximum Gasteiger partial charge on any atom is 0.240 e.